The highest BCUT2D eigenvalue weighted by Gasteiger charge is 2.25. The number of piperidine rings is 1. The summed E-state index contributed by atoms with van der Waals surface area (Å²) in [6.07, 6.45) is 2.30. The minimum Gasteiger partial charge on any atom is -0.393 e. The van der Waals surface area contributed by atoms with Gasteiger partial charge in [0.2, 0.25) is 0 Å². The van der Waals surface area contributed by atoms with Crippen molar-refractivity contribution in [2.75, 3.05) is 18.0 Å². The number of nitrogens with zero attached hydrogens (tertiary/aromatic N) is 2. The van der Waals surface area contributed by atoms with Crippen LogP contribution in [0, 0.1) is 5.92 Å². The number of hydrogen-bond acceptors (Lipinski definition) is 4. The molecule has 2 heterocycles. The SMILES string of the molecule is CC1CN(c2ncccc2CO)CCC1O. The van der Waals surface area contributed by atoms with E-state index in [1.165, 1.54) is 0 Å². The van der Waals surface area contributed by atoms with E-state index in [0.29, 0.717) is 0 Å². The van der Waals surface area contributed by atoms with Gasteiger partial charge in [-0.2, -0.15) is 0 Å². The van der Waals surface area contributed by atoms with Crippen molar-refractivity contribution in [2.24, 2.45) is 5.92 Å². The first kappa shape index (κ1) is 11.4. The standard InChI is InChI=1S/C12H18N2O2/c1-9-7-14(6-4-11(9)16)12-10(8-15)3-2-5-13-12/h2-3,5,9,11,15-16H,4,6-8H2,1H3. The molecule has 0 amide bonds. The van der Waals surface area contributed by atoms with Gasteiger partial charge in [-0.3, -0.25) is 0 Å². The molecule has 2 N–H and O–H groups in total. The van der Waals surface area contributed by atoms with Gasteiger partial charge in [0.05, 0.1) is 12.7 Å². The largest absolute Gasteiger partial charge is 0.393 e. The number of pyridine rings is 1. The second kappa shape index (κ2) is 4.80. The van der Waals surface area contributed by atoms with Crippen molar-refractivity contribution in [3.05, 3.63) is 23.9 Å². The second-order valence-corrected chi connectivity index (χ2v) is 4.42. The third-order valence-corrected chi connectivity index (χ3v) is 3.20. The average molecular weight is 222 g/mol. The molecule has 2 unspecified atom stereocenters. The smallest absolute Gasteiger partial charge is 0.134 e. The fourth-order valence-electron chi connectivity index (χ4n) is 2.16. The van der Waals surface area contributed by atoms with Gasteiger partial charge < -0.3 is 15.1 Å². The second-order valence-electron chi connectivity index (χ2n) is 4.42. The van der Waals surface area contributed by atoms with Crippen LogP contribution in [0.3, 0.4) is 0 Å². The molecule has 0 saturated carbocycles. The van der Waals surface area contributed by atoms with Crippen LogP contribution in [0.1, 0.15) is 18.9 Å². The van der Waals surface area contributed by atoms with Gasteiger partial charge in [-0.1, -0.05) is 13.0 Å². The molecule has 0 spiro atoms. The molecule has 16 heavy (non-hydrogen) atoms. The summed E-state index contributed by atoms with van der Waals surface area (Å²) < 4.78 is 0. The normalized spacial score (nSPS) is 25.8. The molecular weight excluding hydrogens is 204 g/mol. The fraction of sp³-hybridized carbons (Fsp3) is 0.583. The number of aliphatic hydroxyl groups is 2. The Morgan fingerprint density at radius 2 is 2.38 bits per heavy atom. The fourth-order valence-corrected chi connectivity index (χ4v) is 2.16. The molecule has 0 bridgehead atoms. The molecule has 4 heteroatoms. The van der Waals surface area contributed by atoms with E-state index in [-0.39, 0.29) is 18.6 Å². The minimum absolute atomic E-state index is 0.0105. The van der Waals surface area contributed by atoms with Gasteiger partial charge in [0.15, 0.2) is 0 Å². The maximum absolute atomic E-state index is 9.67. The van der Waals surface area contributed by atoms with Crippen molar-refractivity contribution in [3.8, 4) is 0 Å². The van der Waals surface area contributed by atoms with E-state index in [4.69, 9.17) is 0 Å². The number of hydrogen-bond donors (Lipinski definition) is 2. The molecule has 2 atom stereocenters. The van der Waals surface area contributed by atoms with Crippen LogP contribution in [0.25, 0.3) is 0 Å². The third kappa shape index (κ3) is 2.18. The average Bonchev–Trinajstić information content (AvgIpc) is 2.32. The molecule has 2 rings (SSSR count). The van der Waals surface area contributed by atoms with E-state index in [9.17, 15) is 10.2 Å². The highest BCUT2D eigenvalue weighted by Crippen LogP contribution is 2.24. The quantitative estimate of drug-likeness (QED) is 0.776. The van der Waals surface area contributed by atoms with Crippen LogP contribution >= 0.6 is 0 Å². The first-order chi connectivity index (χ1) is 7.72. The molecule has 4 nitrogen and oxygen atoms in total. The zero-order chi connectivity index (χ0) is 11.5. The maximum Gasteiger partial charge on any atom is 0.134 e. The molecule has 1 saturated heterocycles. The highest BCUT2D eigenvalue weighted by molar-refractivity contribution is 5.46. The lowest BCUT2D eigenvalue weighted by Gasteiger charge is -2.35. The summed E-state index contributed by atoms with van der Waals surface area (Å²) in [5.41, 5.74) is 0.853. The Hall–Kier alpha value is -1.13. The molecule has 0 aliphatic carbocycles. The lowest BCUT2D eigenvalue weighted by atomic mass is 9.96. The van der Waals surface area contributed by atoms with Crippen LogP contribution in [0.5, 0.6) is 0 Å². The molecule has 1 fully saturated rings. The number of aromatic nitrogens is 1. The molecule has 0 radical (unpaired) electrons. The van der Waals surface area contributed by atoms with E-state index in [0.717, 1.165) is 30.9 Å². The molecular formula is C12H18N2O2. The predicted octanol–water partition coefficient (Wildman–Crippen LogP) is 0.781. The summed E-state index contributed by atoms with van der Waals surface area (Å²) in [6, 6.07) is 3.72. The Morgan fingerprint density at radius 3 is 3.06 bits per heavy atom. The molecule has 1 aromatic rings. The summed E-state index contributed by atoms with van der Waals surface area (Å²) >= 11 is 0. The molecule has 0 aromatic carbocycles. The topological polar surface area (TPSA) is 56.6 Å². The van der Waals surface area contributed by atoms with Crippen molar-refractivity contribution in [3.63, 3.8) is 0 Å². The Kier molecular flexibility index (Phi) is 3.41. The van der Waals surface area contributed by atoms with Crippen LogP contribution in [0.15, 0.2) is 18.3 Å². The van der Waals surface area contributed by atoms with Crippen LogP contribution < -0.4 is 4.90 Å². The van der Waals surface area contributed by atoms with Crippen LogP contribution in [0.2, 0.25) is 0 Å². The summed E-state index contributed by atoms with van der Waals surface area (Å²) in [7, 11) is 0. The highest BCUT2D eigenvalue weighted by atomic mass is 16.3. The van der Waals surface area contributed by atoms with Crippen LogP contribution in [-0.2, 0) is 6.61 Å². The van der Waals surface area contributed by atoms with E-state index >= 15 is 0 Å². The van der Waals surface area contributed by atoms with Gasteiger partial charge in [-0.25, -0.2) is 4.98 Å². The van der Waals surface area contributed by atoms with Crippen LogP contribution in [-0.4, -0.2) is 34.4 Å². The Balaban J connectivity index is 2.18. The Morgan fingerprint density at radius 1 is 1.56 bits per heavy atom. The van der Waals surface area contributed by atoms with Gasteiger partial charge in [0, 0.05) is 24.8 Å². The minimum atomic E-state index is -0.211. The van der Waals surface area contributed by atoms with E-state index in [1.807, 2.05) is 19.1 Å². The zero-order valence-electron chi connectivity index (χ0n) is 9.50. The van der Waals surface area contributed by atoms with Crippen molar-refractivity contribution in [1.29, 1.82) is 0 Å². The molecule has 1 aliphatic rings. The lowest BCUT2D eigenvalue weighted by Crippen LogP contribution is -2.42. The van der Waals surface area contributed by atoms with Crippen molar-refractivity contribution >= 4 is 5.82 Å². The Labute approximate surface area is 95.5 Å². The van der Waals surface area contributed by atoms with Gasteiger partial charge in [0.25, 0.3) is 0 Å². The van der Waals surface area contributed by atoms with Gasteiger partial charge in [-0.15, -0.1) is 0 Å². The van der Waals surface area contributed by atoms with Gasteiger partial charge >= 0.3 is 0 Å². The molecule has 88 valence electrons. The summed E-state index contributed by atoms with van der Waals surface area (Å²) in [5.74, 6) is 1.10. The summed E-state index contributed by atoms with van der Waals surface area (Å²) in [6.45, 7) is 3.65. The Bertz CT molecular complexity index is 357. The zero-order valence-corrected chi connectivity index (χ0v) is 9.50. The van der Waals surface area contributed by atoms with Crippen molar-refractivity contribution < 1.29 is 10.2 Å². The third-order valence-electron chi connectivity index (χ3n) is 3.20. The monoisotopic (exact) mass is 222 g/mol. The molecule has 1 aromatic heterocycles. The maximum atomic E-state index is 9.67. The summed E-state index contributed by atoms with van der Waals surface area (Å²) in [4.78, 5) is 6.46. The van der Waals surface area contributed by atoms with Crippen molar-refractivity contribution in [2.45, 2.75) is 26.1 Å². The van der Waals surface area contributed by atoms with E-state index in [1.54, 1.807) is 6.20 Å². The predicted molar refractivity (Wildman–Crippen MR) is 62.2 cm³/mol. The number of anilines is 1. The first-order valence-electron chi connectivity index (χ1n) is 5.70. The van der Waals surface area contributed by atoms with E-state index in [2.05, 4.69) is 9.88 Å². The van der Waals surface area contributed by atoms with Crippen LogP contribution in [0.4, 0.5) is 5.82 Å². The summed E-state index contributed by atoms with van der Waals surface area (Å²) in [5, 5.41) is 18.9. The number of aliphatic hydroxyl groups excluding tert-OH is 2. The van der Waals surface area contributed by atoms with Gasteiger partial charge in [0.1, 0.15) is 5.82 Å². The molecule has 1 aliphatic heterocycles. The van der Waals surface area contributed by atoms with Gasteiger partial charge in [-0.05, 0) is 18.4 Å². The number of rotatable bonds is 2. The first-order valence-corrected chi connectivity index (χ1v) is 5.70. The van der Waals surface area contributed by atoms with E-state index < -0.39 is 0 Å². The lowest BCUT2D eigenvalue weighted by molar-refractivity contribution is 0.0967. The van der Waals surface area contributed by atoms with Crippen molar-refractivity contribution in [1.82, 2.24) is 4.98 Å².